The first-order valence-electron chi connectivity index (χ1n) is 7.76. The standard InChI is InChI=1S/C19H15N3O3/c1-12-16(17(22-25-12)13-6-4-3-5-7-13)19-21-20-18(24-19)14-8-10-15(23-2)11-9-14/h3-11H,1-2H3. The van der Waals surface area contributed by atoms with E-state index in [0.717, 1.165) is 16.9 Å². The van der Waals surface area contributed by atoms with Crippen molar-refractivity contribution < 1.29 is 13.7 Å². The zero-order chi connectivity index (χ0) is 17.2. The van der Waals surface area contributed by atoms with Crippen LogP contribution < -0.4 is 4.74 Å². The lowest BCUT2D eigenvalue weighted by Gasteiger charge is -2.00. The molecule has 0 atom stereocenters. The molecule has 6 nitrogen and oxygen atoms in total. The van der Waals surface area contributed by atoms with E-state index in [9.17, 15) is 0 Å². The highest BCUT2D eigenvalue weighted by molar-refractivity contribution is 5.78. The molecule has 0 amide bonds. The molecule has 4 aromatic rings. The molecule has 124 valence electrons. The molecule has 0 spiro atoms. The first kappa shape index (κ1) is 15.1. The third-order valence-corrected chi connectivity index (χ3v) is 3.89. The predicted molar refractivity (Wildman–Crippen MR) is 92.0 cm³/mol. The molecule has 0 saturated carbocycles. The van der Waals surface area contributed by atoms with Gasteiger partial charge < -0.3 is 13.7 Å². The van der Waals surface area contributed by atoms with Crippen LogP contribution in [-0.2, 0) is 0 Å². The van der Waals surface area contributed by atoms with Gasteiger partial charge in [-0.1, -0.05) is 35.5 Å². The summed E-state index contributed by atoms with van der Waals surface area (Å²) in [5.41, 5.74) is 3.13. The van der Waals surface area contributed by atoms with E-state index in [1.165, 1.54) is 0 Å². The molecule has 6 heteroatoms. The minimum Gasteiger partial charge on any atom is -0.497 e. The first-order valence-corrected chi connectivity index (χ1v) is 7.76. The number of rotatable bonds is 4. The Morgan fingerprint density at radius 3 is 2.28 bits per heavy atom. The zero-order valence-electron chi connectivity index (χ0n) is 13.8. The van der Waals surface area contributed by atoms with Crippen molar-refractivity contribution in [2.24, 2.45) is 0 Å². The Balaban J connectivity index is 1.74. The summed E-state index contributed by atoms with van der Waals surface area (Å²) in [4.78, 5) is 0. The minimum absolute atomic E-state index is 0.378. The largest absolute Gasteiger partial charge is 0.497 e. The molecule has 25 heavy (non-hydrogen) atoms. The Labute approximate surface area is 144 Å². The van der Waals surface area contributed by atoms with Crippen LogP contribution in [0.5, 0.6) is 5.75 Å². The lowest BCUT2D eigenvalue weighted by atomic mass is 10.1. The second-order valence-electron chi connectivity index (χ2n) is 5.47. The number of hydrogen-bond acceptors (Lipinski definition) is 6. The quantitative estimate of drug-likeness (QED) is 0.552. The van der Waals surface area contributed by atoms with Gasteiger partial charge in [0.1, 0.15) is 22.8 Å². The Morgan fingerprint density at radius 2 is 1.56 bits per heavy atom. The first-order chi connectivity index (χ1) is 12.3. The fourth-order valence-electron chi connectivity index (χ4n) is 2.59. The maximum Gasteiger partial charge on any atom is 0.254 e. The number of benzene rings is 2. The van der Waals surface area contributed by atoms with E-state index >= 15 is 0 Å². The predicted octanol–water partition coefficient (Wildman–Crippen LogP) is 4.38. The fraction of sp³-hybridized carbons (Fsp3) is 0.105. The summed E-state index contributed by atoms with van der Waals surface area (Å²) in [5.74, 6) is 2.20. The van der Waals surface area contributed by atoms with Gasteiger partial charge in [0.25, 0.3) is 5.89 Å². The van der Waals surface area contributed by atoms with Crippen LogP contribution in [0.15, 0.2) is 63.5 Å². The highest BCUT2D eigenvalue weighted by Crippen LogP contribution is 2.34. The lowest BCUT2D eigenvalue weighted by Crippen LogP contribution is -1.84. The van der Waals surface area contributed by atoms with Gasteiger partial charge in [0.05, 0.1) is 7.11 Å². The summed E-state index contributed by atoms with van der Waals surface area (Å²) in [6.07, 6.45) is 0. The molecule has 0 aliphatic heterocycles. The second kappa shape index (κ2) is 6.24. The van der Waals surface area contributed by atoms with Crippen molar-refractivity contribution in [2.45, 2.75) is 6.92 Å². The van der Waals surface area contributed by atoms with E-state index < -0.39 is 0 Å². The average Bonchev–Trinajstić information content (AvgIpc) is 3.29. The van der Waals surface area contributed by atoms with Crippen LogP contribution in [-0.4, -0.2) is 22.5 Å². The van der Waals surface area contributed by atoms with Crippen molar-refractivity contribution in [3.63, 3.8) is 0 Å². The maximum absolute atomic E-state index is 5.87. The summed E-state index contributed by atoms with van der Waals surface area (Å²) < 4.78 is 16.4. The normalized spacial score (nSPS) is 10.8. The van der Waals surface area contributed by atoms with E-state index in [1.54, 1.807) is 7.11 Å². The van der Waals surface area contributed by atoms with Gasteiger partial charge in [-0.2, -0.15) is 0 Å². The van der Waals surface area contributed by atoms with Crippen LogP contribution in [0.1, 0.15) is 5.76 Å². The van der Waals surface area contributed by atoms with Crippen molar-refractivity contribution in [2.75, 3.05) is 7.11 Å². The number of hydrogen-bond donors (Lipinski definition) is 0. The molecular formula is C19H15N3O3. The monoisotopic (exact) mass is 333 g/mol. The van der Waals surface area contributed by atoms with Gasteiger partial charge in [-0.3, -0.25) is 0 Å². The third kappa shape index (κ3) is 2.78. The van der Waals surface area contributed by atoms with Crippen molar-refractivity contribution >= 4 is 0 Å². The topological polar surface area (TPSA) is 74.2 Å². The smallest absolute Gasteiger partial charge is 0.254 e. The minimum atomic E-state index is 0.378. The Morgan fingerprint density at radius 1 is 0.840 bits per heavy atom. The average molecular weight is 333 g/mol. The van der Waals surface area contributed by atoms with E-state index in [0.29, 0.717) is 28.8 Å². The molecule has 0 unspecified atom stereocenters. The van der Waals surface area contributed by atoms with Gasteiger partial charge in [-0.15, -0.1) is 10.2 Å². The molecule has 0 radical (unpaired) electrons. The number of nitrogens with zero attached hydrogens (tertiary/aromatic N) is 3. The molecule has 0 aliphatic carbocycles. The van der Waals surface area contributed by atoms with Crippen molar-refractivity contribution in [3.8, 4) is 39.9 Å². The van der Waals surface area contributed by atoms with Gasteiger partial charge in [0.15, 0.2) is 0 Å². The van der Waals surface area contributed by atoms with Gasteiger partial charge in [-0.05, 0) is 31.2 Å². The van der Waals surface area contributed by atoms with Crippen molar-refractivity contribution in [1.29, 1.82) is 0 Å². The number of ether oxygens (including phenoxy) is 1. The molecule has 0 bridgehead atoms. The SMILES string of the molecule is COc1ccc(-c2nnc(-c3c(-c4ccccc4)noc3C)o2)cc1. The summed E-state index contributed by atoms with van der Waals surface area (Å²) >= 11 is 0. The van der Waals surface area contributed by atoms with Crippen LogP contribution in [0.2, 0.25) is 0 Å². The van der Waals surface area contributed by atoms with Crippen molar-refractivity contribution in [1.82, 2.24) is 15.4 Å². The van der Waals surface area contributed by atoms with Crippen LogP contribution >= 0.6 is 0 Å². The summed E-state index contributed by atoms with van der Waals surface area (Å²) in [7, 11) is 1.62. The molecule has 0 N–H and O–H groups in total. The lowest BCUT2D eigenvalue weighted by molar-refractivity contribution is 0.399. The molecule has 0 aliphatic rings. The molecule has 2 aromatic carbocycles. The van der Waals surface area contributed by atoms with Crippen LogP contribution in [0.25, 0.3) is 34.2 Å². The zero-order valence-corrected chi connectivity index (χ0v) is 13.8. The van der Waals surface area contributed by atoms with E-state index in [2.05, 4.69) is 15.4 Å². The van der Waals surface area contributed by atoms with Crippen LogP contribution in [0, 0.1) is 6.92 Å². The Bertz CT molecular complexity index is 988. The molecule has 0 saturated heterocycles. The second-order valence-corrected chi connectivity index (χ2v) is 5.47. The molecule has 4 rings (SSSR count). The molecular weight excluding hydrogens is 318 g/mol. The maximum atomic E-state index is 5.87. The summed E-state index contributed by atoms with van der Waals surface area (Å²) in [5, 5.41) is 12.5. The van der Waals surface area contributed by atoms with Gasteiger partial charge in [-0.25, -0.2) is 0 Å². The van der Waals surface area contributed by atoms with E-state index in [1.807, 2.05) is 61.5 Å². The Hall–Kier alpha value is -3.41. The highest BCUT2D eigenvalue weighted by atomic mass is 16.5. The van der Waals surface area contributed by atoms with E-state index in [-0.39, 0.29) is 0 Å². The summed E-state index contributed by atoms with van der Waals surface area (Å²) in [6, 6.07) is 17.2. The van der Waals surface area contributed by atoms with E-state index in [4.69, 9.17) is 13.7 Å². The third-order valence-electron chi connectivity index (χ3n) is 3.89. The fourth-order valence-corrected chi connectivity index (χ4v) is 2.59. The highest BCUT2D eigenvalue weighted by Gasteiger charge is 2.22. The van der Waals surface area contributed by atoms with Crippen LogP contribution in [0.3, 0.4) is 0 Å². The molecule has 2 aromatic heterocycles. The number of methoxy groups -OCH3 is 1. The Kier molecular flexibility index (Phi) is 3.78. The van der Waals surface area contributed by atoms with Crippen molar-refractivity contribution in [3.05, 3.63) is 60.4 Å². The van der Waals surface area contributed by atoms with Gasteiger partial charge >= 0.3 is 0 Å². The molecule has 0 fully saturated rings. The molecule has 2 heterocycles. The summed E-state index contributed by atoms with van der Waals surface area (Å²) in [6.45, 7) is 1.83. The number of aromatic nitrogens is 3. The van der Waals surface area contributed by atoms with Gasteiger partial charge in [0.2, 0.25) is 5.89 Å². The number of aryl methyl sites for hydroxylation is 1. The van der Waals surface area contributed by atoms with Crippen LogP contribution in [0.4, 0.5) is 0 Å². The van der Waals surface area contributed by atoms with Gasteiger partial charge in [0, 0.05) is 11.1 Å².